The van der Waals surface area contributed by atoms with Crippen LogP contribution in [0.3, 0.4) is 0 Å². The van der Waals surface area contributed by atoms with Gasteiger partial charge in [0.25, 0.3) is 0 Å². The van der Waals surface area contributed by atoms with Gasteiger partial charge in [0.15, 0.2) is 0 Å². The highest BCUT2D eigenvalue weighted by atomic mass is 35.5. The maximum atomic E-state index is 12.2. The van der Waals surface area contributed by atoms with Gasteiger partial charge in [-0.2, -0.15) is 0 Å². The third kappa shape index (κ3) is 5.40. The van der Waals surface area contributed by atoms with Crippen molar-refractivity contribution in [1.29, 1.82) is 0 Å². The maximum absolute atomic E-state index is 12.2. The van der Waals surface area contributed by atoms with Crippen molar-refractivity contribution in [2.75, 3.05) is 0 Å². The summed E-state index contributed by atoms with van der Waals surface area (Å²) < 4.78 is 0. The second-order valence-corrected chi connectivity index (χ2v) is 7.17. The molecule has 3 heteroatoms. The first-order valence-electron chi connectivity index (χ1n) is 7.96. The fraction of sp³-hybridized carbons (Fsp3) is 0.350. The summed E-state index contributed by atoms with van der Waals surface area (Å²) in [7, 11) is 0. The highest BCUT2D eigenvalue weighted by Crippen LogP contribution is 2.28. The van der Waals surface area contributed by atoms with E-state index < -0.39 is 0 Å². The van der Waals surface area contributed by atoms with Crippen molar-refractivity contribution in [2.24, 2.45) is 0 Å². The number of carbonyl (C=O) groups is 1. The molecule has 2 aromatic carbocycles. The predicted molar refractivity (Wildman–Crippen MR) is 96.8 cm³/mol. The number of hydrogen-bond acceptors (Lipinski definition) is 1. The molecule has 2 nitrogen and oxygen atoms in total. The van der Waals surface area contributed by atoms with Gasteiger partial charge in [0, 0.05) is 11.1 Å². The third-order valence-corrected chi connectivity index (χ3v) is 4.27. The van der Waals surface area contributed by atoms with Crippen molar-refractivity contribution in [3.63, 3.8) is 0 Å². The lowest BCUT2D eigenvalue weighted by molar-refractivity contribution is -0.121. The van der Waals surface area contributed by atoms with E-state index in [0.717, 1.165) is 12.0 Å². The average Bonchev–Trinajstić information content (AvgIpc) is 2.47. The first kappa shape index (κ1) is 17.6. The number of benzene rings is 2. The number of rotatable bonds is 6. The van der Waals surface area contributed by atoms with E-state index in [2.05, 4.69) is 50.4 Å². The van der Waals surface area contributed by atoms with Gasteiger partial charge in [-0.3, -0.25) is 4.79 Å². The predicted octanol–water partition coefficient (Wildman–Crippen LogP) is 4.76. The molecule has 0 saturated heterocycles. The quantitative estimate of drug-likeness (QED) is 0.813. The highest BCUT2D eigenvalue weighted by Gasteiger charge is 2.23. The molecule has 0 spiro atoms. The number of halogens is 1. The Balaban J connectivity index is 1.91. The molecule has 0 fully saturated rings. The molecule has 0 aromatic heterocycles. The van der Waals surface area contributed by atoms with E-state index in [1.165, 1.54) is 5.56 Å². The van der Waals surface area contributed by atoms with Crippen LogP contribution in [0.2, 0.25) is 5.02 Å². The van der Waals surface area contributed by atoms with Crippen LogP contribution >= 0.6 is 11.6 Å². The molecule has 0 radical (unpaired) electrons. The van der Waals surface area contributed by atoms with Gasteiger partial charge in [0.05, 0.1) is 6.42 Å². The molecule has 0 heterocycles. The topological polar surface area (TPSA) is 29.1 Å². The van der Waals surface area contributed by atoms with Crippen LogP contribution in [-0.4, -0.2) is 11.9 Å². The summed E-state index contributed by atoms with van der Waals surface area (Å²) in [4.78, 5) is 12.2. The van der Waals surface area contributed by atoms with Crippen LogP contribution in [0.5, 0.6) is 0 Å². The Bertz CT molecular complexity index is 652. The minimum Gasteiger partial charge on any atom is -0.353 e. The standard InChI is InChI=1S/C20H24ClNO/c1-15(14-20(2,3)17-9-5-4-6-10-17)22-19(23)13-16-8-7-11-18(21)12-16/h4-12,15H,13-14H2,1-3H3,(H,22,23)/t15-/m0/s1. The first-order valence-corrected chi connectivity index (χ1v) is 8.34. The molecule has 0 saturated carbocycles. The summed E-state index contributed by atoms with van der Waals surface area (Å²) in [5.41, 5.74) is 2.24. The maximum Gasteiger partial charge on any atom is 0.224 e. The molecular formula is C20H24ClNO. The van der Waals surface area contributed by atoms with Crippen molar-refractivity contribution in [2.45, 2.75) is 45.1 Å². The van der Waals surface area contributed by atoms with Crippen LogP contribution in [-0.2, 0) is 16.6 Å². The van der Waals surface area contributed by atoms with E-state index in [0.29, 0.717) is 11.4 Å². The molecule has 1 atom stereocenters. The van der Waals surface area contributed by atoms with E-state index in [-0.39, 0.29) is 17.4 Å². The Morgan fingerprint density at radius 1 is 1.13 bits per heavy atom. The van der Waals surface area contributed by atoms with Gasteiger partial charge in [0.1, 0.15) is 0 Å². The first-order chi connectivity index (χ1) is 10.9. The molecular weight excluding hydrogens is 306 g/mol. The van der Waals surface area contributed by atoms with Gasteiger partial charge in [-0.05, 0) is 42.0 Å². The van der Waals surface area contributed by atoms with E-state index >= 15 is 0 Å². The van der Waals surface area contributed by atoms with Crippen molar-refractivity contribution in [1.82, 2.24) is 5.32 Å². The van der Waals surface area contributed by atoms with Crippen LogP contribution in [0.1, 0.15) is 38.3 Å². The van der Waals surface area contributed by atoms with Gasteiger partial charge in [-0.1, -0.05) is 67.9 Å². The fourth-order valence-electron chi connectivity index (χ4n) is 2.98. The van der Waals surface area contributed by atoms with Crippen LogP contribution < -0.4 is 5.32 Å². The van der Waals surface area contributed by atoms with Crippen LogP contribution in [0.15, 0.2) is 54.6 Å². The lowest BCUT2D eigenvalue weighted by Gasteiger charge is -2.29. The molecule has 2 rings (SSSR count). The molecule has 122 valence electrons. The molecule has 1 N–H and O–H groups in total. The Morgan fingerprint density at radius 3 is 2.48 bits per heavy atom. The summed E-state index contributed by atoms with van der Waals surface area (Å²) in [6.07, 6.45) is 1.25. The van der Waals surface area contributed by atoms with E-state index in [4.69, 9.17) is 11.6 Å². The zero-order valence-electron chi connectivity index (χ0n) is 14.0. The Hall–Kier alpha value is -1.80. The third-order valence-electron chi connectivity index (χ3n) is 4.03. The van der Waals surface area contributed by atoms with Gasteiger partial charge < -0.3 is 5.32 Å². The second-order valence-electron chi connectivity index (χ2n) is 6.73. The second kappa shape index (κ2) is 7.65. The molecule has 0 aliphatic rings. The Labute approximate surface area is 143 Å². The lowest BCUT2D eigenvalue weighted by atomic mass is 9.79. The Morgan fingerprint density at radius 2 is 1.83 bits per heavy atom. The average molecular weight is 330 g/mol. The highest BCUT2D eigenvalue weighted by molar-refractivity contribution is 6.30. The molecule has 2 aromatic rings. The summed E-state index contributed by atoms with van der Waals surface area (Å²) in [5, 5.41) is 3.75. The van der Waals surface area contributed by atoms with Crippen molar-refractivity contribution in [3.05, 3.63) is 70.7 Å². The van der Waals surface area contributed by atoms with Gasteiger partial charge in [-0.15, -0.1) is 0 Å². The van der Waals surface area contributed by atoms with Crippen LogP contribution in [0.25, 0.3) is 0 Å². The lowest BCUT2D eigenvalue weighted by Crippen LogP contribution is -2.38. The fourth-order valence-corrected chi connectivity index (χ4v) is 3.19. The monoisotopic (exact) mass is 329 g/mol. The number of nitrogens with one attached hydrogen (secondary N) is 1. The number of carbonyl (C=O) groups excluding carboxylic acids is 1. The minimum atomic E-state index is 0.0179. The summed E-state index contributed by atoms with van der Waals surface area (Å²) in [5.74, 6) is 0.0311. The number of amides is 1. The van der Waals surface area contributed by atoms with Crippen molar-refractivity contribution < 1.29 is 4.79 Å². The molecule has 0 unspecified atom stereocenters. The molecule has 0 aliphatic carbocycles. The van der Waals surface area contributed by atoms with Crippen LogP contribution in [0.4, 0.5) is 0 Å². The zero-order chi connectivity index (χ0) is 16.9. The zero-order valence-corrected chi connectivity index (χ0v) is 14.7. The summed E-state index contributed by atoms with van der Waals surface area (Å²) in [6, 6.07) is 18.0. The van der Waals surface area contributed by atoms with Gasteiger partial charge in [0.2, 0.25) is 5.91 Å². The summed E-state index contributed by atoms with van der Waals surface area (Å²) in [6.45, 7) is 6.48. The molecule has 23 heavy (non-hydrogen) atoms. The van der Waals surface area contributed by atoms with Crippen molar-refractivity contribution >= 4 is 17.5 Å². The van der Waals surface area contributed by atoms with E-state index in [9.17, 15) is 4.79 Å². The molecule has 0 aliphatic heterocycles. The van der Waals surface area contributed by atoms with Gasteiger partial charge in [-0.25, -0.2) is 0 Å². The largest absolute Gasteiger partial charge is 0.353 e. The molecule has 0 bridgehead atoms. The van der Waals surface area contributed by atoms with E-state index in [1.54, 1.807) is 0 Å². The van der Waals surface area contributed by atoms with Crippen LogP contribution in [0, 0.1) is 0 Å². The smallest absolute Gasteiger partial charge is 0.224 e. The summed E-state index contributed by atoms with van der Waals surface area (Å²) >= 11 is 5.96. The Kier molecular flexibility index (Phi) is 5.84. The minimum absolute atomic E-state index is 0.0179. The number of hydrogen-bond donors (Lipinski definition) is 1. The molecule has 1 amide bonds. The normalized spacial score (nSPS) is 12.7. The SMILES string of the molecule is C[C@@H](CC(C)(C)c1ccccc1)NC(=O)Cc1cccc(Cl)c1. The van der Waals surface area contributed by atoms with Crippen molar-refractivity contribution in [3.8, 4) is 0 Å². The van der Waals surface area contributed by atoms with Gasteiger partial charge >= 0.3 is 0 Å². The van der Waals surface area contributed by atoms with E-state index in [1.807, 2.05) is 30.3 Å².